The Balaban J connectivity index is 2.14. The fourth-order valence-corrected chi connectivity index (χ4v) is 2.03. The highest BCUT2D eigenvalue weighted by Gasteiger charge is 2.05. The summed E-state index contributed by atoms with van der Waals surface area (Å²) in [7, 11) is 1.63. The monoisotopic (exact) mass is 334 g/mol. The summed E-state index contributed by atoms with van der Waals surface area (Å²) in [5.74, 6) is 6.74. The number of hydrogen-bond donors (Lipinski definition) is 1. The molecule has 104 valence electrons. The van der Waals surface area contributed by atoms with Crippen molar-refractivity contribution in [2.45, 2.75) is 6.61 Å². The van der Waals surface area contributed by atoms with E-state index < -0.39 is 0 Å². The summed E-state index contributed by atoms with van der Waals surface area (Å²) in [6, 6.07) is 13.4. The van der Waals surface area contributed by atoms with E-state index in [1.165, 1.54) is 0 Å². The van der Waals surface area contributed by atoms with Crippen LogP contribution in [0.15, 0.2) is 52.0 Å². The summed E-state index contributed by atoms with van der Waals surface area (Å²) in [6.07, 6.45) is 1.59. The van der Waals surface area contributed by atoms with Crippen molar-refractivity contribution in [1.29, 1.82) is 0 Å². The zero-order valence-electron chi connectivity index (χ0n) is 11.0. The van der Waals surface area contributed by atoms with E-state index >= 15 is 0 Å². The first-order valence-corrected chi connectivity index (χ1v) is 6.81. The molecule has 2 aromatic rings. The molecule has 0 unspecified atom stereocenters. The number of methoxy groups -OCH3 is 1. The van der Waals surface area contributed by atoms with Gasteiger partial charge in [-0.05, 0) is 48.0 Å². The van der Waals surface area contributed by atoms with Gasteiger partial charge in [-0.15, -0.1) is 0 Å². The fourth-order valence-electron chi connectivity index (χ4n) is 1.77. The highest BCUT2D eigenvalue weighted by molar-refractivity contribution is 9.10. The first-order chi connectivity index (χ1) is 9.72. The molecule has 0 aliphatic heterocycles. The van der Waals surface area contributed by atoms with Crippen molar-refractivity contribution >= 4 is 22.1 Å². The molecular formula is C15H15BrN2O2. The van der Waals surface area contributed by atoms with Gasteiger partial charge in [0.05, 0.1) is 13.3 Å². The number of nitrogens with zero attached hydrogens (tertiary/aromatic N) is 1. The minimum atomic E-state index is 0.414. The maximum absolute atomic E-state index is 5.75. The molecule has 0 heterocycles. The molecule has 0 radical (unpaired) electrons. The third kappa shape index (κ3) is 3.74. The fraction of sp³-hybridized carbons (Fsp3) is 0.133. The molecule has 0 spiro atoms. The van der Waals surface area contributed by atoms with Gasteiger partial charge in [-0.2, -0.15) is 5.10 Å². The Hall–Kier alpha value is -2.01. The molecule has 2 N–H and O–H groups in total. The second kappa shape index (κ2) is 6.96. The molecule has 0 amide bonds. The normalized spacial score (nSPS) is 10.7. The number of nitrogens with two attached hydrogens (primary N) is 1. The SMILES string of the molecule is COc1ccc(C=NN)cc1COc1ccc(Br)cc1. The number of rotatable bonds is 5. The van der Waals surface area contributed by atoms with Crippen LogP contribution in [-0.4, -0.2) is 13.3 Å². The van der Waals surface area contributed by atoms with Gasteiger partial charge in [-0.25, -0.2) is 0 Å². The van der Waals surface area contributed by atoms with Gasteiger partial charge < -0.3 is 15.3 Å². The third-order valence-corrected chi connectivity index (χ3v) is 3.26. The lowest BCUT2D eigenvalue weighted by atomic mass is 10.1. The quantitative estimate of drug-likeness (QED) is 0.518. The lowest BCUT2D eigenvalue weighted by Crippen LogP contribution is -2.00. The third-order valence-electron chi connectivity index (χ3n) is 2.74. The highest BCUT2D eigenvalue weighted by atomic mass is 79.9. The van der Waals surface area contributed by atoms with Crippen LogP contribution in [-0.2, 0) is 6.61 Å². The van der Waals surface area contributed by atoms with Crippen molar-refractivity contribution in [1.82, 2.24) is 0 Å². The lowest BCUT2D eigenvalue weighted by Gasteiger charge is -2.11. The molecule has 2 rings (SSSR count). The van der Waals surface area contributed by atoms with Crippen LogP contribution in [0.2, 0.25) is 0 Å². The molecule has 0 atom stereocenters. The first-order valence-electron chi connectivity index (χ1n) is 6.01. The topological polar surface area (TPSA) is 56.8 Å². The summed E-state index contributed by atoms with van der Waals surface area (Å²) in [4.78, 5) is 0. The van der Waals surface area contributed by atoms with Gasteiger partial charge in [-0.3, -0.25) is 0 Å². The van der Waals surface area contributed by atoms with Gasteiger partial charge in [0.25, 0.3) is 0 Å². The van der Waals surface area contributed by atoms with E-state index in [-0.39, 0.29) is 0 Å². The zero-order valence-corrected chi connectivity index (χ0v) is 12.6. The van der Waals surface area contributed by atoms with Crippen LogP contribution in [0.3, 0.4) is 0 Å². The standard InChI is InChI=1S/C15H15BrN2O2/c1-19-15-7-2-11(9-18-17)8-12(15)10-20-14-5-3-13(16)4-6-14/h2-9H,10,17H2,1H3. The summed E-state index contributed by atoms with van der Waals surface area (Å²) in [6.45, 7) is 0.414. The molecule has 5 heteroatoms. The number of hydrogen-bond acceptors (Lipinski definition) is 4. The highest BCUT2D eigenvalue weighted by Crippen LogP contribution is 2.22. The van der Waals surface area contributed by atoms with Crippen molar-refractivity contribution in [3.8, 4) is 11.5 Å². The molecule has 0 aliphatic rings. The van der Waals surface area contributed by atoms with E-state index in [2.05, 4.69) is 21.0 Å². The molecule has 0 aliphatic carbocycles. The van der Waals surface area contributed by atoms with Gasteiger partial charge in [0.15, 0.2) is 0 Å². The average Bonchev–Trinajstić information content (AvgIpc) is 2.47. The number of hydrazone groups is 1. The summed E-state index contributed by atoms with van der Waals surface area (Å²) < 4.78 is 12.1. The second-order valence-corrected chi connectivity index (χ2v) is 5.01. The Bertz CT molecular complexity index is 597. The van der Waals surface area contributed by atoms with Gasteiger partial charge in [0, 0.05) is 10.0 Å². The van der Waals surface area contributed by atoms with Gasteiger partial charge in [-0.1, -0.05) is 15.9 Å². The van der Waals surface area contributed by atoms with E-state index in [4.69, 9.17) is 15.3 Å². The molecule has 0 fully saturated rings. The van der Waals surface area contributed by atoms with Crippen LogP contribution in [0, 0.1) is 0 Å². The molecule has 20 heavy (non-hydrogen) atoms. The van der Waals surface area contributed by atoms with Crippen molar-refractivity contribution in [3.63, 3.8) is 0 Å². The number of ether oxygens (including phenoxy) is 2. The summed E-state index contributed by atoms with van der Waals surface area (Å²) in [5.41, 5.74) is 1.84. The van der Waals surface area contributed by atoms with Gasteiger partial charge >= 0.3 is 0 Å². The predicted molar refractivity (Wildman–Crippen MR) is 83.2 cm³/mol. The first kappa shape index (κ1) is 14.4. The minimum Gasteiger partial charge on any atom is -0.496 e. The Labute approximate surface area is 126 Å². The van der Waals surface area contributed by atoms with E-state index in [0.717, 1.165) is 27.1 Å². The van der Waals surface area contributed by atoms with E-state index in [0.29, 0.717) is 6.61 Å². The molecule has 0 saturated carbocycles. The Morgan fingerprint density at radius 2 is 1.95 bits per heavy atom. The van der Waals surface area contributed by atoms with Gasteiger partial charge in [0.2, 0.25) is 0 Å². The van der Waals surface area contributed by atoms with Crippen molar-refractivity contribution in [2.24, 2.45) is 10.9 Å². The smallest absolute Gasteiger partial charge is 0.125 e. The average molecular weight is 335 g/mol. The van der Waals surface area contributed by atoms with Crippen LogP contribution in [0.1, 0.15) is 11.1 Å². The molecule has 0 bridgehead atoms. The molecular weight excluding hydrogens is 320 g/mol. The predicted octanol–water partition coefficient (Wildman–Crippen LogP) is 3.33. The summed E-state index contributed by atoms with van der Waals surface area (Å²) >= 11 is 3.39. The molecule has 0 saturated heterocycles. The largest absolute Gasteiger partial charge is 0.496 e. The van der Waals surface area contributed by atoms with Gasteiger partial charge in [0.1, 0.15) is 18.1 Å². The van der Waals surface area contributed by atoms with Crippen molar-refractivity contribution in [2.75, 3.05) is 7.11 Å². The van der Waals surface area contributed by atoms with E-state index in [9.17, 15) is 0 Å². The van der Waals surface area contributed by atoms with Crippen LogP contribution >= 0.6 is 15.9 Å². The number of benzene rings is 2. The molecule has 0 aromatic heterocycles. The van der Waals surface area contributed by atoms with E-state index in [1.807, 2.05) is 42.5 Å². The van der Waals surface area contributed by atoms with Crippen LogP contribution < -0.4 is 15.3 Å². The summed E-state index contributed by atoms with van der Waals surface area (Å²) in [5, 5.41) is 3.52. The molecule has 4 nitrogen and oxygen atoms in total. The second-order valence-electron chi connectivity index (χ2n) is 4.09. The maximum atomic E-state index is 5.75. The Kier molecular flexibility index (Phi) is 5.01. The number of halogens is 1. The van der Waals surface area contributed by atoms with Crippen molar-refractivity contribution < 1.29 is 9.47 Å². The zero-order chi connectivity index (χ0) is 14.4. The molecule has 2 aromatic carbocycles. The van der Waals surface area contributed by atoms with Crippen LogP contribution in [0.25, 0.3) is 0 Å². The Morgan fingerprint density at radius 1 is 1.20 bits per heavy atom. The Morgan fingerprint density at radius 3 is 2.60 bits per heavy atom. The maximum Gasteiger partial charge on any atom is 0.125 e. The van der Waals surface area contributed by atoms with Crippen LogP contribution in [0.5, 0.6) is 11.5 Å². The lowest BCUT2D eigenvalue weighted by molar-refractivity contribution is 0.296. The van der Waals surface area contributed by atoms with E-state index in [1.54, 1.807) is 13.3 Å². The van der Waals surface area contributed by atoms with Crippen LogP contribution in [0.4, 0.5) is 0 Å². The van der Waals surface area contributed by atoms with Crippen molar-refractivity contribution in [3.05, 3.63) is 58.1 Å². The minimum absolute atomic E-state index is 0.414.